The van der Waals surface area contributed by atoms with Gasteiger partial charge in [0, 0.05) is 32.0 Å². The fourth-order valence-electron chi connectivity index (χ4n) is 3.46. The largest absolute Gasteiger partial charge is 0.416 e. The van der Waals surface area contributed by atoms with Crippen molar-refractivity contribution < 1.29 is 22.8 Å². The van der Waals surface area contributed by atoms with E-state index in [-0.39, 0.29) is 23.3 Å². The Kier molecular flexibility index (Phi) is 5.01. The van der Waals surface area contributed by atoms with Crippen LogP contribution in [0.1, 0.15) is 42.7 Å². The van der Waals surface area contributed by atoms with E-state index in [1.165, 1.54) is 12.1 Å². The maximum Gasteiger partial charge on any atom is 0.416 e. The highest BCUT2D eigenvalue weighted by Crippen LogP contribution is 2.50. The van der Waals surface area contributed by atoms with Crippen molar-refractivity contribution in [3.05, 3.63) is 35.4 Å². The number of likely N-dealkylation sites (tertiary alicyclic amines) is 1. The van der Waals surface area contributed by atoms with Gasteiger partial charge in [-0.15, -0.1) is 0 Å². The number of nitrogens with one attached hydrogen (secondary N) is 1. The highest BCUT2D eigenvalue weighted by atomic mass is 19.4. The fourth-order valence-corrected chi connectivity index (χ4v) is 3.46. The van der Waals surface area contributed by atoms with Gasteiger partial charge in [-0.1, -0.05) is 18.2 Å². The van der Waals surface area contributed by atoms with Crippen molar-refractivity contribution in [2.45, 2.75) is 37.8 Å². The highest BCUT2D eigenvalue weighted by molar-refractivity contribution is 5.83. The van der Waals surface area contributed by atoms with E-state index in [9.17, 15) is 22.8 Å². The molecule has 1 aliphatic carbocycles. The third kappa shape index (κ3) is 4.14. The minimum absolute atomic E-state index is 0.150. The first-order valence-electron chi connectivity index (χ1n) is 8.59. The highest BCUT2D eigenvalue weighted by Gasteiger charge is 2.47. The number of nitrogens with zero attached hydrogens (tertiary/aromatic N) is 1. The van der Waals surface area contributed by atoms with Gasteiger partial charge in [-0.2, -0.15) is 13.2 Å². The first kappa shape index (κ1) is 17.8. The SMILES string of the molecule is O=C(NCCCN1CCCC1=O)C1CC1c1ccccc1C(F)(F)F. The van der Waals surface area contributed by atoms with E-state index in [2.05, 4.69) is 5.32 Å². The molecular formula is C18H21F3N2O2. The zero-order valence-electron chi connectivity index (χ0n) is 13.8. The Morgan fingerprint density at radius 3 is 2.72 bits per heavy atom. The summed E-state index contributed by atoms with van der Waals surface area (Å²) >= 11 is 0. The van der Waals surface area contributed by atoms with E-state index in [1.54, 1.807) is 11.0 Å². The average molecular weight is 354 g/mol. The lowest BCUT2D eigenvalue weighted by Crippen LogP contribution is -2.31. The second-order valence-corrected chi connectivity index (χ2v) is 6.66. The molecule has 1 saturated heterocycles. The Hall–Kier alpha value is -2.05. The van der Waals surface area contributed by atoms with Gasteiger partial charge in [0.15, 0.2) is 0 Å². The van der Waals surface area contributed by atoms with E-state index in [4.69, 9.17) is 0 Å². The third-order valence-electron chi connectivity index (χ3n) is 4.87. The average Bonchev–Trinajstić information content (AvgIpc) is 3.27. The third-order valence-corrected chi connectivity index (χ3v) is 4.87. The molecule has 0 aromatic heterocycles. The van der Waals surface area contributed by atoms with Crippen LogP contribution in [0.15, 0.2) is 24.3 Å². The van der Waals surface area contributed by atoms with Crippen LogP contribution >= 0.6 is 0 Å². The van der Waals surface area contributed by atoms with Gasteiger partial charge in [0.25, 0.3) is 0 Å². The molecule has 2 fully saturated rings. The number of carbonyl (C=O) groups excluding carboxylic acids is 2. The molecule has 0 spiro atoms. The first-order chi connectivity index (χ1) is 11.9. The van der Waals surface area contributed by atoms with E-state index >= 15 is 0 Å². The summed E-state index contributed by atoms with van der Waals surface area (Å²) < 4.78 is 39.2. The number of hydrogen-bond donors (Lipinski definition) is 1. The van der Waals surface area contributed by atoms with Crippen molar-refractivity contribution in [1.82, 2.24) is 10.2 Å². The van der Waals surface area contributed by atoms with Crippen LogP contribution in [-0.2, 0) is 15.8 Å². The molecule has 2 atom stereocenters. The molecule has 1 N–H and O–H groups in total. The predicted molar refractivity (Wildman–Crippen MR) is 85.7 cm³/mol. The van der Waals surface area contributed by atoms with Crippen LogP contribution in [0.5, 0.6) is 0 Å². The zero-order chi connectivity index (χ0) is 18.0. The Balaban J connectivity index is 1.47. The summed E-state index contributed by atoms with van der Waals surface area (Å²) in [4.78, 5) is 25.4. The number of rotatable bonds is 6. The molecule has 3 rings (SSSR count). The van der Waals surface area contributed by atoms with Crippen molar-refractivity contribution in [2.24, 2.45) is 5.92 Å². The smallest absolute Gasteiger partial charge is 0.356 e. The topological polar surface area (TPSA) is 49.4 Å². The standard InChI is InChI=1S/C18H21F3N2O2/c19-18(20,21)15-6-2-1-5-12(15)13-11-14(13)17(25)22-8-4-10-23-9-3-7-16(23)24/h1-2,5-6,13-14H,3-4,7-11H2,(H,22,25). The van der Waals surface area contributed by atoms with Crippen molar-refractivity contribution >= 4 is 11.8 Å². The zero-order valence-corrected chi connectivity index (χ0v) is 13.8. The van der Waals surface area contributed by atoms with Gasteiger partial charge in [-0.05, 0) is 36.8 Å². The van der Waals surface area contributed by atoms with Gasteiger partial charge < -0.3 is 10.2 Å². The van der Waals surface area contributed by atoms with Gasteiger partial charge in [0.05, 0.1) is 5.56 Å². The lowest BCUT2D eigenvalue weighted by Gasteiger charge is -2.15. The van der Waals surface area contributed by atoms with Gasteiger partial charge >= 0.3 is 6.18 Å². The Bertz CT molecular complexity index is 660. The summed E-state index contributed by atoms with van der Waals surface area (Å²) in [6, 6.07) is 5.46. The molecule has 1 heterocycles. The van der Waals surface area contributed by atoms with Crippen LogP contribution in [0.2, 0.25) is 0 Å². The van der Waals surface area contributed by atoms with Crippen molar-refractivity contribution in [3.63, 3.8) is 0 Å². The molecular weight excluding hydrogens is 333 g/mol. The maximum atomic E-state index is 13.1. The molecule has 2 aliphatic rings. The summed E-state index contributed by atoms with van der Waals surface area (Å²) in [7, 11) is 0. The van der Waals surface area contributed by atoms with Crippen LogP contribution in [0.25, 0.3) is 0 Å². The molecule has 1 saturated carbocycles. The molecule has 7 heteroatoms. The van der Waals surface area contributed by atoms with Crippen LogP contribution < -0.4 is 5.32 Å². The number of amides is 2. The molecule has 2 unspecified atom stereocenters. The quantitative estimate of drug-likeness (QED) is 0.799. The number of carbonyl (C=O) groups is 2. The number of benzene rings is 1. The van der Waals surface area contributed by atoms with Crippen molar-refractivity contribution in [2.75, 3.05) is 19.6 Å². The second-order valence-electron chi connectivity index (χ2n) is 6.66. The lowest BCUT2D eigenvalue weighted by atomic mass is 10.0. The van der Waals surface area contributed by atoms with E-state index < -0.39 is 17.7 Å². The normalized spacial score (nSPS) is 23.0. The summed E-state index contributed by atoms with van der Waals surface area (Å²) in [5.74, 6) is -0.804. The summed E-state index contributed by atoms with van der Waals surface area (Å²) in [5.41, 5.74) is -0.444. The molecule has 1 aromatic carbocycles. The van der Waals surface area contributed by atoms with E-state index in [0.717, 1.165) is 19.0 Å². The minimum Gasteiger partial charge on any atom is -0.356 e. The molecule has 0 bridgehead atoms. The van der Waals surface area contributed by atoms with Gasteiger partial charge in [-0.3, -0.25) is 9.59 Å². The minimum atomic E-state index is -4.40. The molecule has 0 radical (unpaired) electrons. The van der Waals surface area contributed by atoms with Crippen LogP contribution in [0.4, 0.5) is 13.2 Å². The first-order valence-corrected chi connectivity index (χ1v) is 8.59. The van der Waals surface area contributed by atoms with E-state index in [0.29, 0.717) is 32.4 Å². The molecule has 1 aliphatic heterocycles. The van der Waals surface area contributed by atoms with E-state index in [1.807, 2.05) is 0 Å². The maximum absolute atomic E-state index is 13.1. The number of alkyl halides is 3. The molecule has 1 aromatic rings. The Morgan fingerprint density at radius 2 is 2.04 bits per heavy atom. The molecule has 2 amide bonds. The van der Waals surface area contributed by atoms with Crippen LogP contribution in [0, 0.1) is 5.92 Å². The van der Waals surface area contributed by atoms with Gasteiger partial charge in [0.2, 0.25) is 11.8 Å². The van der Waals surface area contributed by atoms with Gasteiger partial charge in [0.1, 0.15) is 0 Å². The Morgan fingerprint density at radius 1 is 1.28 bits per heavy atom. The predicted octanol–water partition coefficient (Wildman–Crippen LogP) is 2.94. The summed E-state index contributed by atoms with van der Waals surface area (Å²) in [6.45, 7) is 1.82. The molecule has 4 nitrogen and oxygen atoms in total. The van der Waals surface area contributed by atoms with Crippen molar-refractivity contribution in [1.29, 1.82) is 0 Å². The van der Waals surface area contributed by atoms with Gasteiger partial charge in [-0.25, -0.2) is 0 Å². The van der Waals surface area contributed by atoms with Crippen LogP contribution in [0.3, 0.4) is 0 Å². The lowest BCUT2D eigenvalue weighted by molar-refractivity contribution is -0.138. The summed E-state index contributed by atoms with van der Waals surface area (Å²) in [6.07, 6.45) is -1.82. The number of halogens is 3. The summed E-state index contributed by atoms with van der Waals surface area (Å²) in [5, 5.41) is 2.78. The second kappa shape index (κ2) is 7.06. The monoisotopic (exact) mass is 354 g/mol. The fraction of sp³-hybridized carbons (Fsp3) is 0.556. The van der Waals surface area contributed by atoms with Crippen molar-refractivity contribution in [3.8, 4) is 0 Å². The molecule has 136 valence electrons. The molecule has 25 heavy (non-hydrogen) atoms. The van der Waals surface area contributed by atoms with Crippen LogP contribution in [-0.4, -0.2) is 36.3 Å². The Labute approximate surface area is 144 Å². The number of hydrogen-bond acceptors (Lipinski definition) is 2.